The fourth-order valence-electron chi connectivity index (χ4n) is 2.33. The number of nitrogens with one attached hydrogen (secondary N) is 1. The molecule has 0 aliphatic carbocycles. The van der Waals surface area contributed by atoms with E-state index in [1.807, 2.05) is 0 Å². The summed E-state index contributed by atoms with van der Waals surface area (Å²) in [6, 6.07) is -0.817. The molecule has 0 bridgehead atoms. The lowest BCUT2D eigenvalue weighted by molar-refractivity contribution is -0.143. The molecule has 6 nitrogen and oxygen atoms in total. The summed E-state index contributed by atoms with van der Waals surface area (Å²) in [5, 5.41) is 2.16. The third-order valence-electron chi connectivity index (χ3n) is 3.42. The summed E-state index contributed by atoms with van der Waals surface area (Å²) in [5.41, 5.74) is -5.01. The highest BCUT2D eigenvalue weighted by molar-refractivity contribution is 7.86. The smallest absolute Gasteiger partial charge is 0.416 e. The van der Waals surface area contributed by atoms with Crippen LogP contribution in [0.25, 0.3) is 0 Å². The summed E-state index contributed by atoms with van der Waals surface area (Å²) in [6.07, 6.45) is -12.7. The molecular formula is C17H21F6NO5S. The largest absolute Gasteiger partial charge is 0.444 e. The van der Waals surface area contributed by atoms with Gasteiger partial charge >= 0.3 is 18.4 Å². The monoisotopic (exact) mass is 465 g/mol. The number of alkyl carbamates (subject to hydrolysis) is 1. The van der Waals surface area contributed by atoms with Crippen molar-refractivity contribution >= 4 is 16.2 Å². The molecule has 30 heavy (non-hydrogen) atoms. The van der Waals surface area contributed by atoms with Crippen molar-refractivity contribution in [1.82, 2.24) is 5.32 Å². The quantitative estimate of drug-likeness (QED) is 0.506. The number of benzene rings is 1. The molecule has 1 unspecified atom stereocenters. The first-order chi connectivity index (χ1) is 13.2. The van der Waals surface area contributed by atoms with Crippen LogP contribution in [-0.4, -0.2) is 32.4 Å². The van der Waals surface area contributed by atoms with Crippen LogP contribution in [0.2, 0.25) is 0 Å². The van der Waals surface area contributed by atoms with Crippen molar-refractivity contribution in [3.8, 4) is 0 Å². The summed E-state index contributed by atoms with van der Waals surface area (Å²) < 4.78 is 112. The molecule has 2 atom stereocenters. The molecule has 0 radical (unpaired) electrons. The predicted octanol–water partition coefficient (Wildman–Crippen LogP) is 4.65. The van der Waals surface area contributed by atoms with Crippen LogP contribution >= 0.6 is 0 Å². The Morgan fingerprint density at radius 2 is 1.40 bits per heavy atom. The van der Waals surface area contributed by atoms with Crippen molar-refractivity contribution in [3.05, 3.63) is 34.9 Å². The number of carbonyl (C=O) groups excluding carboxylic acids is 1. The van der Waals surface area contributed by atoms with E-state index in [4.69, 9.17) is 8.92 Å². The van der Waals surface area contributed by atoms with Crippen LogP contribution in [0.1, 0.15) is 50.5 Å². The van der Waals surface area contributed by atoms with Gasteiger partial charge in [0, 0.05) is 0 Å². The van der Waals surface area contributed by atoms with E-state index in [0.717, 1.165) is 6.92 Å². The maximum absolute atomic E-state index is 13.1. The van der Waals surface area contributed by atoms with E-state index in [1.54, 1.807) is 0 Å². The molecule has 0 aliphatic rings. The van der Waals surface area contributed by atoms with Gasteiger partial charge in [0.25, 0.3) is 10.1 Å². The fraction of sp³-hybridized carbons (Fsp3) is 0.588. The Kier molecular flexibility index (Phi) is 7.47. The van der Waals surface area contributed by atoms with E-state index >= 15 is 0 Å². The molecule has 0 saturated carbocycles. The highest BCUT2D eigenvalue weighted by atomic mass is 32.2. The van der Waals surface area contributed by atoms with Gasteiger partial charge in [0.2, 0.25) is 0 Å². The van der Waals surface area contributed by atoms with Crippen LogP contribution in [-0.2, 0) is 31.4 Å². The first-order valence-corrected chi connectivity index (χ1v) is 10.2. The third kappa shape index (κ3) is 8.38. The van der Waals surface area contributed by atoms with Crippen molar-refractivity contribution in [1.29, 1.82) is 0 Å². The summed E-state index contributed by atoms with van der Waals surface area (Å²) in [5.74, 6) is 0. The molecule has 13 heteroatoms. The Bertz CT molecular complexity index is 842. The van der Waals surface area contributed by atoms with Crippen molar-refractivity contribution in [2.75, 3.05) is 6.26 Å². The lowest BCUT2D eigenvalue weighted by atomic mass is 9.97. The number of hydrogen-bond donors (Lipinski definition) is 1. The average Bonchev–Trinajstić information content (AvgIpc) is 2.47. The Morgan fingerprint density at radius 3 is 1.73 bits per heavy atom. The Balaban J connectivity index is 3.49. The Hall–Kier alpha value is -2.02. The molecule has 0 spiro atoms. The van der Waals surface area contributed by atoms with Gasteiger partial charge in [0.15, 0.2) is 0 Å². The van der Waals surface area contributed by atoms with Crippen LogP contribution < -0.4 is 5.32 Å². The number of hydrogen-bond acceptors (Lipinski definition) is 5. The molecule has 1 aromatic carbocycles. The van der Waals surface area contributed by atoms with Gasteiger partial charge in [0.05, 0.1) is 23.4 Å². The topological polar surface area (TPSA) is 81.7 Å². The Morgan fingerprint density at radius 1 is 0.967 bits per heavy atom. The van der Waals surface area contributed by atoms with E-state index < -0.39 is 63.0 Å². The maximum atomic E-state index is 13.1. The standard InChI is InChI=1S/C17H21F6NO5S/c1-9(24-14(25)28-15(2,3)4)13(29-30(5,26)27)10-6-11(16(18,19)20)8-12(7-10)17(21,22)23/h6-9,13H,1-5H3,(H,24,25)/t9-,13?/m0/s1. The summed E-state index contributed by atoms with van der Waals surface area (Å²) in [7, 11) is -4.34. The maximum Gasteiger partial charge on any atom is 0.416 e. The SMILES string of the molecule is C[C@H](NC(=O)OC(C)(C)C)C(OS(C)(=O)=O)c1cc(C(F)(F)F)cc(C(F)(F)F)c1. The van der Waals surface area contributed by atoms with E-state index in [1.165, 1.54) is 20.8 Å². The number of halogens is 6. The zero-order chi connectivity index (χ0) is 23.7. The average molecular weight is 465 g/mol. The lowest BCUT2D eigenvalue weighted by Gasteiger charge is -2.27. The predicted molar refractivity (Wildman–Crippen MR) is 93.9 cm³/mol. The van der Waals surface area contributed by atoms with Crippen LogP contribution in [0.5, 0.6) is 0 Å². The van der Waals surface area contributed by atoms with Crippen molar-refractivity contribution in [2.45, 2.75) is 57.8 Å². The minimum atomic E-state index is -5.15. The molecule has 0 saturated heterocycles. The minimum absolute atomic E-state index is 0.104. The van der Waals surface area contributed by atoms with Gasteiger partial charge in [-0.15, -0.1) is 0 Å². The molecule has 1 amide bonds. The second kappa shape index (κ2) is 8.61. The van der Waals surface area contributed by atoms with E-state index in [2.05, 4.69) is 5.32 Å². The second-order valence-electron chi connectivity index (χ2n) is 7.50. The number of ether oxygens (including phenoxy) is 1. The molecule has 1 N–H and O–H groups in total. The number of amides is 1. The molecule has 0 aromatic heterocycles. The van der Waals surface area contributed by atoms with Crippen molar-refractivity contribution in [2.24, 2.45) is 0 Å². The molecule has 1 aromatic rings. The Labute approximate surface area is 169 Å². The lowest BCUT2D eigenvalue weighted by Crippen LogP contribution is -2.41. The summed E-state index contributed by atoms with van der Waals surface area (Å²) in [6.45, 7) is 5.70. The van der Waals surface area contributed by atoms with Gasteiger partial charge < -0.3 is 10.1 Å². The highest BCUT2D eigenvalue weighted by Crippen LogP contribution is 2.38. The number of rotatable bonds is 5. The number of carbonyl (C=O) groups is 1. The molecule has 0 heterocycles. The van der Waals surface area contributed by atoms with E-state index in [9.17, 15) is 39.6 Å². The second-order valence-corrected chi connectivity index (χ2v) is 9.10. The molecule has 1 rings (SSSR count). The van der Waals surface area contributed by atoms with Crippen LogP contribution in [0.3, 0.4) is 0 Å². The van der Waals surface area contributed by atoms with Gasteiger partial charge in [-0.05, 0) is 51.5 Å². The van der Waals surface area contributed by atoms with Gasteiger partial charge in [-0.25, -0.2) is 4.79 Å². The third-order valence-corrected chi connectivity index (χ3v) is 3.97. The molecule has 0 fully saturated rings. The van der Waals surface area contributed by atoms with Gasteiger partial charge in [-0.1, -0.05) is 0 Å². The summed E-state index contributed by atoms with van der Waals surface area (Å²) >= 11 is 0. The van der Waals surface area contributed by atoms with Gasteiger partial charge in [-0.3, -0.25) is 4.18 Å². The summed E-state index contributed by atoms with van der Waals surface area (Å²) in [4.78, 5) is 11.9. The van der Waals surface area contributed by atoms with Crippen LogP contribution in [0, 0.1) is 0 Å². The van der Waals surface area contributed by atoms with Crippen LogP contribution in [0.4, 0.5) is 31.1 Å². The zero-order valence-corrected chi connectivity index (χ0v) is 17.4. The highest BCUT2D eigenvalue weighted by Gasteiger charge is 2.39. The van der Waals surface area contributed by atoms with Gasteiger partial charge in [0.1, 0.15) is 11.7 Å². The normalized spacial score (nSPS) is 15.4. The fourth-order valence-corrected chi connectivity index (χ4v) is 2.98. The number of alkyl halides is 6. The molecular weight excluding hydrogens is 444 g/mol. The van der Waals surface area contributed by atoms with Crippen LogP contribution in [0.15, 0.2) is 18.2 Å². The zero-order valence-electron chi connectivity index (χ0n) is 16.6. The van der Waals surface area contributed by atoms with Crippen molar-refractivity contribution in [3.63, 3.8) is 0 Å². The molecule has 0 aliphatic heterocycles. The first-order valence-electron chi connectivity index (χ1n) is 8.36. The van der Waals surface area contributed by atoms with E-state index in [0.29, 0.717) is 18.4 Å². The first kappa shape index (κ1) is 26.0. The molecule has 172 valence electrons. The minimum Gasteiger partial charge on any atom is -0.444 e. The van der Waals surface area contributed by atoms with E-state index in [-0.39, 0.29) is 6.07 Å². The van der Waals surface area contributed by atoms with Crippen molar-refractivity contribution < 1.29 is 48.5 Å². The van der Waals surface area contributed by atoms with Gasteiger partial charge in [-0.2, -0.15) is 34.8 Å².